The van der Waals surface area contributed by atoms with Crippen molar-refractivity contribution in [1.82, 2.24) is 9.80 Å². The predicted molar refractivity (Wildman–Crippen MR) is 145 cm³/mol. The molecule has 2 aromatic carbocycles. The van der Waals surface area contributed by atoms with E-state index in [0.717, 1.165) is 16.0 Å². The first-order valence-electron chi connectivity index (χ1n) is 12.2. The van der Waals surface area contributed by atoms with Crippen LogP contribution in [0.2, 0.25) is 0 Å². The number of halogens is 1. The van der Waals surface area contributed by atoms with Crippen molar-refractivity contribution in [3.63, 3.8) is 0 Å². The Morgan fingerprint density at radius 1 is 0.974 bits per heavy atom. The third-order valence-electron chi connectivity index (χ3n) is 5.77. The number of nitrogens with one attached hydrogen (secondary N) is 1. The lowest BCUT2D eigenvalue weighted by Gasteiger charge is -2.28. The Hall–Kier alpha value is -3.76. The van der Waals surface area contributed by atoms with Crippen LogP contribution in [0.5, 0.6) is 0 Å². The molecule has 0 aliphatic heterocycles. The minimum Gasteiger partial charge on any atom is -0.462 e. The van der Waals surface area contributed by atoms with E-state index in [1.165, 1.54) is 24.1 Å². The van der Waals surface area contributed by atoms with Gasteiger partial charge in [0.2, 0.25) is 5.91 Å². The van der Waals surface area contributed by atoms with Crippen LogP contribution < -0.4 is 5.32 Å². The number of esters is 1. The third-order valence-corrected chi connectivity index (χ3v) is 6.78. The monoisotopic (exact) mass is 541 g/mol. The summed E-state index contributed by atoms with van der Waals surface area (Å²) in [5.41, 5.74) is 2.70. The predicted octanol–water partition coefficient (Wildman–Crippen LogP) is 5.08. The quantitative estimate of drug-likeness (QED) is 0.323. The molecule has 1 heterocycles. The number of rotatable bonds is 12. The van der Waals surface area contributed by atoms with Crippen molar-refractivity contribution in [3.8, 4) is 0 Å². The first kappa shape index (κ1) is 28.8. The van der Waals surface area contributed by atoms with Gasteiger partial charge in [0.25, 0.3) is 0 Å². The molecule has 1 N–H and O–H groups in total. The van der Waals surface area contributed by atoms with Gasteiger partial charge in [-0.3, -0.25) is 4.79 Å². The van der Waals surface area contributed by atoms with Gasteiger partial charge in [-0.25, -0.2) is 14.0 Å². The first-order chi connectivity index (χ1) is 18.3. The van der Waals surface area contributed by atoms with Gasteiger partial charge in [-0.1, -0.05) is 12.1 Å². The summed E-state index contributed by atoms with van der Waals surface area (Å²) in [7, 11) is 1.52. The van der Waals surface area contributed by atoms with Gasteiger partial charge in [-0.2, -0.15) is 0 Å². The largest absolute Gasteiger partial charge is 0.462 e. The Kier molecular flexibility index (Phi) is 10.8. The Bertz CT molecular complexity index is 1210. The van der Waals surface area contributed by atoms with Crippen molar-refractivity contribution in [2.45, 2.75) is 26.9 Å². The SMILES string of the molecule is CCOC(=O)c1ccc(NC(=O)N(CCOC)CC(=O)N(Cc2ccc(F)cc2)Cc2sccc2C)cc1. The summed E-state index contributed by atoms with van der Waals surface area (Å²) in [4.78, 5) is 42.6. The number of amides is 3. The molecule has 0 bridgehead atoms. The summed E-state index contributed by atoms with van der Waals surface area (Å²) in [6.07, 6.45) is 0. The lowest BCUT2D eigenvalue weighted by atomic mass is 10.2. The number of thiophene rings is 1. The molecular formula is C28H32FN3O5S. The Morgan fingerprint density at radius 3 is 2.29 bits per heavy atom. The molecule has 0 unspecified atom stereocenters. The number of ether oxygens (including phenoxy) is 2. The van der Waals surface area contributed by atoms with Crippen LogP contribution in [0.1, 0.15) is 33.3 Å². The van der Waals surface area contributed by atoms with Gasteiger partial charge in [0.15, 0.2) is 0 Å². The normalized spacial score (nSPS) is 10.6. The van der Waals surface area contributed by atoms with E-state index in [4.69, 9.17) is 9.47 Å². The Labute approximate surface area is 226 Å². The molecule has 0 radical (unpaired) electrons. The van der Waals surface area contributed by atoms with Crippen LogP contribution in [0, 0.1) is 12.7 Å². The molecule has 0 aliphatic carbocycles. The standard InChI is InChI=1S/C28H32FN3O5S/c1-4-37-27(34)22-7-11-24(12-8-22)30-28(35)31(14-15-36-3)19-26(33)32(18-25-20(2)13-16-38-25)17-21-5-9-23(29)10-6-21/h5-13,16H,4,14-15,17-19H2,1-3H3,(H,30,35). The molecule has 0 atom stereocenters. The molecule has 1 aromatic heterocycles. The maximum absolute atomic E-state index is 13.5. The van der Waals surface area contributed by atoms with Gasteiger partial charge in [-0.15, -0.1) is 11.3 Å². The zero-order chi connectivity index (χ0) is 27.5. The van der Waals surface area contributed by atoms with E-state index >= 15 is 0 Å². The van der Waals surface area contributed by atoms with Gasteiger partial charge < -0.3 is 24.6 Å². The number of hydrogen-bond donors (Lipinski definition) is 1. The summed E-state index contributed by atoms with van der Waals surface area (Å²) >= 11 is 1.56. The highest BCUT2D eigenvalue weighted by molar-refractivity contribution is 7.10. The third kappa shape index (κ3) is 8.39. The molecule has 3 amide bonds. The highest BCUT2D eigenvalue weighted by Gasteiger charge is 2.23. The van der Waals surface area contributed by atoms with Crippen molar-refractivity contribution in [2.24, 2.45) is 0 Å². The fraction of sp³-hybridized carbons (Fsp3) is 0.321. The smallest absolute Gasteiger partial charge is 0.338 e. The summed E-state index contributed by atoms with van der Waals surface area (Å²) in [5, 5.41) is 4.74. The van der Waals surface area contributed by atoms with E-state index < -0.39 is 12.0 Å². The fourth-order valence-corrected chi connectivity index (χ4v) is 4.53. The van der Waals surface area contributed by atoms with Gasteiger partial charge in [0, 0.05) is 30.8 Å². The second-order valence-electron chi connectivity index (χ2n) is 8.55. The number of hydrogen-bond acceptors (Lipinski definition) is 6. The van der Waals surface area contributed by atoms with E-state index in [1.54, 1.807) is 59.6 Å². The summed E-state index contributed by atoms with van der Waals surface area (Å²) in [6.45, 7) is 4.87. The minimum atomic E-state index is -0.478. The summed E-state index contributed by atoms with van der Waals surface area (Å²) in [5.74, 6) is -1.05. The molecule has 0 spiro atoms. The maximum Gasteiger partial charge on any atom is 0.338 e. The summed E-state index contributed by atoms with van der Waals surface area (Å²) in [6, 6.07) is 13.8. The molecule has 3 aromatic rings. The van der Waals surface area contributed by atoms with Crippen LogP contribution in [0.3, 0.4) is 0 Å². The van der Waals surface area contributed by atoms with Crippen molar-refractivity contribution in [3.05, 3.63) is 87.4 Å². The van der Waals surface area contributed by atoms with E-state index in [-0.39, 0.29) is 44.6 Å². The van der Waals surface area contributed by atoms with Crippen LogP contribution >= 0.6 is 11.3 Å². The average molecular weight is 542 g/mol. The molecule has 3 rings (SSSR count). The van der Waals surface area contributed by atoms with Crippen LogP contribution in [-0.4, -0.2) is 61.1 Å². The number of aryl methyl sites for hydroxylation is 1. The van der Waals surface area contributed by atoms with Crippen molar-refractivity contribution in [1.29, 1.82) is 0 Å². The lowest BCUT2D eigenvalue weighted by Crippen LogP contribution is -2.45. The average Bonchev–Trinajstić information content (AvgIpc) is 3.31. The summed E-state index contributed by atoms with van der Waals surface area (Å²) < 4.78 is 23.6. The zero-order valence-electron chi connectivity index (χ0n) is 21.7. The number of benzene rings is 2. The molecule has 202 valence electrons. The molecule has 0 fully saturated rings. The number of urea groups is 1. The number of anilines is 1. The Morgan fingerprint density at radius 2 is 1.68 bits per heavy atom. The van der Waals surface area contributed by atoms with E-state index in [2.05, 4.69) is 5.32 Å². The molecule has 38 heavy (non-hydrogen) atoms. The molecule has 0 saturated carbocycles. The lowest BCUT2D eigenvalue weighted by molar-refractivity contribution is -0.133. The van der Waals surface area contributed by atoms with E-state index in [0.29, 0.717) is 17.8 Å². The minimum absolute atomic E-state index is 0.179. The zero-order valence-corrected chi connectivity index (χ0v) is 22.6. The molecule has 10 heteroatoms. The van der Waals surface area contributed by atoms with Gasteiger partial charge >= 0.3 is 12.0 Å². The van der Waals surface area contributed by atoms with Crippen LogP contribution in [0.25, 0.3) is 0 Å². The topological polar surface area (TPSA) is 88.2 Å². The van der Waals surface area contributed by atoms with Gasteiger partial charge in [-0.05, 0) is 72.8 Å². The first-order valence-corrected chi connectivity index (χ1v) is 13.1. The number of carbonyl (C=O) groups is 3. The van der Waals surface area contributed by atoms with E-state index in [1.807, 2.05) is 18.4 Å². The molecule has 0 aliphatic rings. The van der Waals surface area contributed by atoms with Crippen molar-refractivity contribution < 1.29 is 28.2 Å². The molecule has 8 nitrogen and oxygen atoms in total. The highest BCUT2D eigenvalue weighted by Crippen LogP contribution is 2.20. The Balaban J connectivity index is 1.74. The van der Waals surface area contributed by atoms with Gasteiger partial charge in [0.05, 0.1) is 25.3 Å². The van der Waals surface area contributed by atoms with Crippen LogP contribution in [0.15, 0.2) is 60.0 Å². The van der Waals surface area contributed by atoms with Crippen LogP contribution in [-0.2, 0) is 27.4 Å². The fourth-order valence-electron chi connectivity index (χ4n) is 3.61. The van der Waals surface area contributed by atoms with Gasteiger partial charge in [0.1, 0.15) is 12.4 Å². The molecule has 0 saturated heterocycles. The van der Waals surface area contributed by atoms with Crippen LogP contribution in [0.4, 0.5) is 14.9 Å². The number of nitrogens with zero attached hydrogens (tertiary/aromatic N) is 2. The van der Waals surface area contributed by atoms with Crippen molar-refractivity contribution >= 4 is 34.9 Å². The maximum atomic E-state index is 13.5. The second-order valence-corrected chi connectivity index (χ2v) is 9.55. The van der Waals surface area contributed by atoms with E-state index in [9.17, 15) is 18.8 Å². The van der Waals surface area contributed by atoms with Crippen molar-refractivity contribution in [2.75, 3.05) is 38.7 Å². The molecular weight excluding hydrogens is 509 g/mol. The number of methoxy groups -OCH3 is 1. The highest BCUT2D eigenvalue weighted by atomic mass is 32.1. The second kappa shape index (κ2) is 14.3. The number of carbonyl (C=O) groups excluding carboxylic acids is 3.